The topological polar surface area (TPSA) is 37.4 Å². The van der Waals surface area contributed by atoms with Crippen molar-refractivity contribution in [1.29, 1.82) is 0 Å². The highest BCUT2D eigenvalue weighted by atomic mass is 32.2. The van der Waals surface area contributed by atoms with E-state index in [9.17, 15) is 8.42 Å². The van der Waals surface area contributed by atoms with E-state index in [1.807, 2.05) is 6.92 Å². The monoisotopic (exact) mass is 261 g/mol. The molecule has 94 valence electrons. The summed E-state index contributed by atoms with van der Waals surface area (Å²) in [6.07, 6.45) is 5.20. The van der Waals surface area contributed by atoms with Gasteiger partial charge in [-0.25, -0.2) is 8.42 Å². The molecule has 0 aliphatic heterocycles. The molecule has 3 nitrogen and oxygen atoms in total. The second kappa shape index (κ2) is 6.26. The summed E-state index contributed by atoms with van der Waals surface area (Å²) in [4.78, 5) is 0.237. The molecular weight excluding hydrogens is 246 g/mol. The van der Waals surface area contributed by atoms with Gasteiger partial charge >= 0.3 is 0 Å². The Labute approximate surface area is 109 Å². The average molecular weight is 261 g/mol. The lowest BCUT2D eigenvalue weighted by molar-refractivity contribution is 0.482. The largest absolute Gasteiger partial charge is 0.244 e. The minimum absolute atomic E-state index is 0.0187. The molecule has 0 spiro atoms. The van der Waals surface area contributed by atoms with Crippen LogP contribution in [0.2, 0.25) is 0 Å². The Hall–Kier alpha value is -1.75. The lowest BCUT2D eigenvalue weighted by Gasteiger charge is -2.17. The number of rotatable bonds is 4. The fourth-order valence-corrected chi connectivity index (χ4v) is 2.61. The van der Waals surface area contributed by atoms with Crippen LogP contribution >= 0.6 is 0 Å². The number of hydrogen-bond donors (Lipinski definition) is 0. The smallest absolute Gasteiger partial charge is 0.207 e. The molecule has 0 atom stereocenters. The molecule has 1 aromatic carbocycles. The third-order valence-electron chi connectivity index (χ3n) is 2.36. The summed E-state index contributed by atoms with van der Waals surface area (Å²) < 4.78 is 25.8. The molecule has 0 aliphatic rings. The Balaban J connectivity index is 3.11. The van der Waals surface area contributed by atoms with Gasteiger partial charge in [0, 0.05) is 0 Å². The van der Waals surface area contributed by atoms with Gasteiger partial charge in [0.15, 0.2) is 0 Å². The van der Waals surface area contributed by atoms with Gasteiger partial charge in [0.1, 0.15) is 0 Å². The third kappa shape index (κ3) is 3.37. The molecule has 18 heavy (non-hydrogen) atoms. The van der Waals surface area contributed by atoms with E-state index in [1.54, 1.807) is 31.2 Å². The molecule has 0 aliphatic carbocycles. The van der Waals surface area contributed by atoms with Gasteiger partial charge < -0.3 is 0 Å². The standard InChI is InChI=1S/C14H15NO2S/c1-4-6-12-15(11-5-2)18(16,17)14-9-7-13(3)8-10-14/h2,7-10H,11-12H2,1,3H3. The van der Waals surface area contributed by atoms with Crippen molar-refractivity contribution in [3.8, 4) is 24.2 Å². The van der Waals surface area contributed by atoms with Crippen molar-refractivity contribution in [2.24, 2.45) is 0 Å². The summed E-state index contributed by atoms with van der Waals surface area (Å²) in [5.41, 5.74) is 1.01. The summed E-state index contributed by atoms with van der Waals surface area (Å²) in [7, 11) is -3.56. The Bertz CT molecular complexity index is 598. The second-order valence-electron chi connectivity index (χ2n) is 3.72. The highest BCUT2D eigenvalue weighted by molar-refractivity contribution is 7.89. The zero-order chi connectivity index (χ0) is 13.6. The minimum Gasteiger partial charge on any atom is -0.207 e. The fourth-order valence-electron chi connectivity index (χ4n) is 1.35. The quantitative estimate of drug-likeness (QED) is 0.773. The average Bonchev–Trinajstić information content (AvgIpc) is 2.35. The summed E-state index contributed by atoms with van der Waals surface area (Å²) in [5, 5.41) is 0. The first-order valence-electron chi connectivity index (χ1n) is 5.42. The van der Waals surface area contributed by atoms with Gasteiger partial charge in [-0.05, 0) is 26.0 Å². The van der Waals surface area contributed by atoms with Crippen LogP contribution in [0.3, 0.4) is 0 Å². The summed E-state index contributed by atoms with van der Waals surface area (Å²) >= 11 is 0. The van der Waals surface area contributed by atoms with Crippen LogP contribution in [0.15, 0.2) is 29.2 Å². The zero-order valence-electron chi connectivity index (χ0n) is 10.5. The maximum Gasteiger partial charge on any atom is 0.244 e. The molecule has 0 N–H and O–H groups in total. The molecule has 0 aromatic heterocycles. The first-order chi connectivity index (χ1) is 8.52. The zero-order valence-corrected chi connectivity index (χ0v) is 11.3. The molecule has 0 fully saturated rings. The Morgan fingerprint density at radius 2 is 1.83 bits per heavy atom. The molecular formula is C14H15NO2S. The normalized spacial score (nSPS) is 10.6. The maximum absolute atomic E-state index is 12.3. The van der Waals surface area contributed by atoms with Crippen LogP contribution in [-0.4, -0.2) is 25.8 Å². The molecule has 0 heterocycles. The summed E-state index contributed by atoms with van der Waals surface area (Å²) in [6, 6.07) is 6.67. The van der Waals surface area contributed by atoms with Crippen LogP contribution in [0.5, 0.6) is 0 Å². The van der Waals surface area contributed by atoms with Crippen LogP contribution in [0.4, 0.5) is 0 Å². The maximum atomic E-state index is 12.3. The SMILES string of the molecule is C#CCN(CC#CC)S(=O)(=O)c1ccc(C)cc1. The lowest BCUT2D eigenvalue weighted by Crippen LogP contribution is -2.31. The van der Waals surface area contributed by atoms with E-state index in [0.29, 0.717) is 0 Å². The molecule has 4 heteroatoms. The van der Waals surface area contributed by atoms with Gasteiger partial charge in [0.05, 0.1) is 18.0 Å². The van der Waals surface area contributed by atoms with Crippen molar-refractivity contribution in [3.05, 3.63) is 29.8 Å². The van der Waals surface area contributed by atoms with Crippen molar-refractivity contribution in [1.82, 2.24) is 4.31 Å². The lowest BCUT2D eigenvalue weighted by atomic mass is 10.2. The molecule has 0 bridgehead atoms. The number of benzene rings is 1. The Morgan fingerprint density at radius 1 is 1.22 bits per heavy atom. The van der Waals surface area contributed by atoms with E-state index < -0.39 is 10.0 Å². The van der Waals surface area contributed by atoms with Crippen LogP contribution in [0, 0.1) is 31.1 Å². The van der Waals surface area contributed by atoms with E-state index >= 15 is 0 Å². The van der Waals surface area contributed by atoms with Gasteiger partial charge in [-0.1, -0.05) is 29.5 Å². The molecule has 0 unspecified atom stereocenters. The van der Waals surface area contributed by atoms with Crippen molar-refractivity contribution in [2.45, 2.75) is 18.7 Å². The van der Waals surface area contributed by atoms with Crippen LogP contribution in [0.25, 0.3) is 0 Å². The summed E-state index contributed by atoms with van der Waals surface area (Å²) in [5.74, 6) is 7.73. The van der Waals surface area contributed by atoms with Crippen LogP contribution in [0.1, 0.15) is 12.5 Å². The van der Waals surface area contributed by atoms with Crippen molar-refractivity contribution < 1.29 is 8.42 Å². The van der Waals surface area contributed by atoms with Crippen molar-refractivity contribution in [3.63, 3.8) is 0 Å². The van der Waals surface area contributed by atoms with E-state index in [-0.39, 0.29) is 18.0 Å². The molecule has 0 saturated heterocycles. The second-order valence-corrected chi connectivity index (χ2v) is 5.65. The van der Waals surface area contributed by atoms with E-state index in [0.717, 1.165) is 5.56 Å². The van der Waals surface area contributed by atoms with Gasteiger partial charge in [0.25, 0.3) is 0 Å². The third-order valence-corrected chi connectivity index (χ3v) is 4.16. The van der Waals surface area contributed by atoms with Gasteiger partial charge in [-0.15, -0.1) is 12.3 Å². The molecule has 0 amide bonds. The van der Waals surface area contributed by atoms with E-state index in [1.165, 1.54) is 4.31 Å². The van der Waals surface area contributed by atoms with Crippen LogP contribution in [-0.2, 0) is 10.0 Å². The van der Waals surface area contributed by atoms with Gasteiger partial charge in [-0.2, -0.15) is 4.31 Å². The first kappa shape index (κ1) is 14.3. The number of sulfonamides is 1. The molecule has 1 rings (SSSR count). The number of terminal acetylenes is 1. The molecule has 1 aromatic rings. The number of aryl methyl sites for hydroxylation is 1. The van der Waals surface area contributed by atoms with Crippen molar-refractivity contribution >= 4 is 10.0 Å². The van der Waals surface area contributed by atoms with Crippen molar-refractivity contribution in [2.75, 3.05) is 13.1 Å². The first-order valence-corrected chi connectivity index (χ1v) is 6.86. The number of hydrogen-bond acceptors (Lipinski definition) is 2. The highest BCUT2D eigenvalue weighted by Gasteiger charge is 2.22. The molecule has 0 radical (unpaired) electrons. The predicted molar refractivity (Wildman–Crippen MR) is 72.2 cm³/mol. The Kier molecular flexibility index (Phi) is 4.97. The predicted octanol–water partition coefficient (Wildman–Crippen LogP) is 1.64. The van der Waals surface area contributed by atoms with Crippen LogP contribution < -0.4 is 0 Å². The van der Waals surface area contributed by atoms with Gasteiger partial charge in [-0.3, -0.25) is 0 Å². The Morgan fingerprint density at radius 3 is 2.33 bits per heavy atom. The fraction of sp³-hybridized carbons (Fsp3) is 0.286. The number of nitrogens with zero attached hydrogens (tertiary/aromatic N) is 1. The minimum atomic E-state index is -3.56. The molecule has 0 saturated carbocycles. The van der Waals surface area contributed by atoms with E-state index in [2.05, 4.69) is 17.8 Å². The van der Waals surface area contributed by atoms with E-state index in [4.69, 9.17) is 6.42 Å². The van der Waals surface area contributed by atoms with Gasteiger partial charge in [0.2, 0.25) is 10.0 Å². The summed E-state index contributed by atoms with van der Waals surface area (Å²) in [6.45, 7) is 3.69. The highest BCUT2D eigenvalue weighted by Crippen LogP contribution is 2.15.